The molecule has 3 rings (SSSR count). The molecule has 0 amide bonds. The lowest BCUT2D eigenvalue weighted by Crippen LogP contribution is -2.32. The first kappa shape index (κ1) is 22.8. The quantitative estimate of drug-likeness (QED) is 0.407. The summed E-state index contributed by atoms with van der Waals surface area (Å²) in [6.07, 6.45) is 14.2. The van der Waals surface area contributed by atoms with Crippen molar-refractivity contribution < 1.29 is 34.0 Å². The molecule has 166 valence electrons. The first-order chi connectivity index (χ1) is 15.0. The molecule has 2 aliphatic carbocycles. The molecule has 0 saturated heterocycles. The van der Waals surface area contributed by atoms with E-state index in [0.717, 1.165) is 24.5 Å². The van der Waals surface area contributed by atoms with Gasteiger partial charge in [0.05, 0.1) is 31.0 Å². The minimum Gasteiger partial charge on any atom is -0.494 e. The van der Waals surface area contributed by atoms with E-state index < -0.39 is 24.3 Å². The van der Waals surface area contributed by atoms with Gasteiger partial charge in [-0.1, -0.05) is 37.0 Å². The van der Waals surface area contributed by atoms with Crippen molar-refractivity contribution in [3.05, 3.63) is 72.1 Å². The Morgan fingerprint density at radius 1 is 1.19 bits per heavy atom. The number of aliphatic hydroxyl groups excluding tert-OH is 2. The summed E-state index contributed by atoms with van der Waals surface area (Å²) in [5, 5.41) is 20.0. The topological polar surface area (TPSA) is 102 Å². The fourth-order valence-corrected chi connectivity index (χ4v) is 3.50. The Morgan fingerprint density at radius 3 is 2.68 bits per heavy atom. The second kappa shape index (κ2) is 10.9. The van der Waals surface area contributed by atoms with Crippen LogP contribution in [0.4, 0.5) is 0 Å². The first-order valence-electron chi connectivity index (χ1n) is 10.5. The molecule has 0 aromatic heterocycles. The van der Waals surface area contributed by atoms with Crippen LogP contribution in [0.2, 0.25) is 0 Å². The highest BCUT2D eigenvalue weighted by Gasteiger charge is 2.32. The number of allylic oxidation sites excluding steroid dienone is 4. The van der Waals surface area contributed by atoms with E-state index in [0.29, 0.717) is 11.3 Å². The van der Waals surface area contributed by atoms with Gasteiger partial charge in [-0.05, 0) is 30.6 Å². The third kappa shape index (κ3) is 6.29. The molecule has 7 heteroatoms. The highest BCUT2D eigenvalue weighted by atomic mass is 16.5. The van der Waals surface area contributed by atoms with Crippen molar-refractivity contribution in [3.8, 4) is 0 Å². The molecular formula is C24H28O7. The standard InChI is InChI=1S/C24H28O7/c1-2-23(27)30-13-11-21(26)20(25)10-12-29-18-9-8-17-14-19(16-6-4-3-5-7-16)24(28)31-22(17)15-18/h2,4,6-9,14-15,17,20-22,25-26H,1,3,5,10-13H2. The predicted octanol–water partition coefficient (Wildman–Crippen LogP) is 2.43. The van der Waals surface area contributed by atoms with Crippen molar-refractivity contribution >= 4 is 11.9 Å². The molecule has 2 N–H and O–H groups in total. The smallest absolute Gasteiger partial charge is 0.339 e. The van der Waals surface area contributed by atoms with Crippen molar-refractivity contribution in [2.24, 2.45) is 5.92 Å². The van der Waals surface area contributed by atoms with Gasteiger partial charge in [0.2, 0.25) is 0 Å². The van der Waals surface area contributed by atoms with E-state index in [1.54, 1.807) is 6.08 Å². The third-order valence-electron chi connectivity index (χ3n) is 5.27. The van der Waals surface area contributed by atoms with Gasteiger partial charge in [-0.2, -0.15) is 0 Å². The van der Waals surface area contributed by atoms with Crippen LogP contribution in [0.1, 0.15) is 25.7 Å². The molecule has 1 heterocycles. The number of aliphatic hydroxyl groups is 2. The van der Waals surface area contributed by atoms with E-state index in [2.05, 4.69) is 12.7 Å². The van der Waals surface area contributed by atoms with Gasteiger partial charge in [-0.25, -0.2) is 9.59 Å². The maximum absolute atomic E-state index is 12.4. The molecule has 1 aliphatic heterocycles. The van der Waals surface area contributed by atoms with E-state index in [1.165, 1.54) is 0 Å². The zero-order chi connectivity index (χ0) is 22.2. The summed E-state index contributed by atoms with van der Waals surface area (Å²) >= 11 is 0. The monoisotopic (exact) mass is 428 g/mol. The average molecular weight is 428 g/mol. The number of esters is 2. The Labute approximate surface area is 181 Å². The van der Waals surface area contributed by atoms with Crippen LogP contribution in [0, 0.1) is 5.92 Å². The lowest BCUT2D eigenvalue weighted by atomic mass is 9.88. The fraction of sp³-hybridized carbons (Fsp3) is 0.417. The molecule has 0 radical (unpaired) electrons. The molecule has 0 saturated carbocycles. The Balaban J connectivity index is 1.46. The summed E-state index contributed by atoms with van der Waals surface area (Å²) in [5.74, 6) is -0.427. The summed E-state index contributed by atoms with van der Waals surface area (Å²) in [5.41, 5.74) is 1.50. The van der Waals surface area contributed by atoms with Crippen molar-refractivity contribution in [3.63, 3.8) is 0 Å². The van der Waals surface area contributed by atoms with Gasteiger partial charge in [0.25, 0.3) is 0 Å². The molecule has 0 bridgehead atoms. The fourth-order valence-electron chi connectivity index (χ4n) is 3.50. The van der Waals surface area contributed by atoms with Crippen LogP contribution in [-0.2, 0) is 23.8 Å². The van der Waals surface area contributed by atoms with Gasteiger partial charge in [-0.3, -0.25) is 0 Å². The maximum atomic E-state index is 12.4. The van der Waals surface area contributed by atoms with E-state index in [4.69, 9.17) is 14.2 Å². The van der Waals surface area contributed by atoms with Gasteiger partial charge in [0, 0.05) is 24.8 Å². The SMILES string of the molecule is C=CC(=O)OCCC(O)C(O)CCOC1=CC2OC(=O)C(C3=CCCC=C3)=CC2C=C1. The van der Waals surface area contributed by atoms with Gasteiger partial charge < -0.3 is 24.4 Å². The summed E-state index contributed by atoms with van der Waals surface area (Å²) in [6, 6.07) is 0. The molecule has 31 heavy (non-hydrogen) atoms. The van der Waals surface area contributed by atoms with Gasteiger partial charge in [0.15, 0.2) is 0 Å². The largest absolute Gasteiger partial charge is 0.494 e. The number of carbonyl (C=O) groups is 2. The van der Waals surface area contributed by atoms with Gasteiger partial charge in [0.1, 0.15) is 11.9 Å². The lowest BCUT2D eigenvalue weighted by Gasteiger charge is -2.29. The summed E-state index contributed by atoms with van der Waals surface area (Å²) in [7, 11) is 0. The molecule has 4 unspecified atom stereocenters. The number of rotatable bonds is 10. The highest BCUT2D eigenvalue weighted by Crippen LogP contribution is 2.31. The van der Waals surface area contributed by atoms with Crippen LogP contribution in [0.5, 0.6) is 0 Å². The van der Waals surface area contributed by atoms with E-state index in [9.17, 15) is 19.8 Å². The van der Waals surface area contributed by atoms with E-state index >= 15 is 0 Å². The van der Waals surface area contributed by atoms with Crippen molar-refractivity contribution in [2.45, 2.75) is 44.0 Å². The lowest BCUT2D eigenvalue weighted by molar-refractivity contribution is -0.144. The number of fused-ring (bicyclic) bond motifs is 1. The number of ether oxygens (including phenoxy) is 3. The first-order valence-corrected chi connectivity index (χ1v) is 10.5. The Morgan fingerprint density at radius 2 is 1.97 bits per heavy atom. The van der Waals surface area contributed by atoms with Crippen LogP contribution in [0.15, 0.2) is 72.1 Å². The molecular weight excluding hydrogens is 400 g/mol. The van der Waals surface area contributed by atoms with Crippen LogP contribution in [0.25, 0.3) is 0 Å². The highest BCUT2D eigenvalue weighted by molar-refractivity contribution is 5.95. The number of carbonyl (C=O) groups excluding carboxylic acids is 2. The Kier molecular flexibility index (Phi) is 8.03. The normalized spacial score (nSPS) is 24.1. The summed E-state index contributed by atoms with van der Waals surface area (Å²) in [4.78, 5) is 23.4. The van der Waals surface area contributed by atoms with Crippen molar-refractivity contribution in [1.82, 2.24) is 0 Å². The second-order valence-electron chi connectivity index (χ2n) is 7.53. The summed E-state index contributed by atoms with van der Waals surface area (Å²) in [6.45, 7) is 3.45. The summed E-state index contributed by atoms with van der Waals surface area (Å²) < 4.78 is 16.0. The maximum Gasteiger partial charge on any atom is 0.339 e. The molecule has 3 aliphatic rings. The second-order valence-corrected chi connectivity index (χ2v) is 7.53. The molecule has 0 aromatic carbocycles. The number of hydrogen-bond donors (Lipinski definition) is 2. The van der Waals surface area contributed by atoms with E-state index in [-0.39, 0.29) is 37.9 Å². The van der Waals surface area contributed by atoms with E-state index in [1.807, 2.05) is 30.4 Å². The Bertz CT molecular complexity index is 846. The Hall–Kier alpha value is -2.90. The molecule has 7 nitrogen and oxygen atoms in total. The third-order valence-corrected chi connectivity index (χ3v) is 5.27. The minimum absolute atomic E-state index is 0.00549. The number of hydrogen-bond acceptors (Lipinski definition) is 7. The molecule has 0 fully saturated rings. The van der Waals surface area contributed by atoms with Gasteiger partial charge >= 0.3 is 11.9 Å². The minimum atomic E-state index is -1.03. The van der Waals surface area contributed by atoms with Crippen LogP contribution in [-0.4, -0.2) is 53.7 Å². The van der Waals surface area contributed by atoms with Crippen LogP contribution >= 0.6 is 0 Å². The van der Waals surface area contributed by atoms with Crippen LogP contribution < -0.4 is 0 Å². The van der Waals surface area contributed by atoms with Crippen LogP contribution in [0.3, 0.4) is 0 Å². The molecule has 4 atom stereocenters. The van der Waals surface area contributed by atoms with Crippen molar-refractivity contribution in [1.29, 1.82) is 0 Å². The van der Waals surface area contributed by atoms with Gasteiger partial charge in [-0.15, -0.1) is 0 Å². The zero-order valence-electron chi connectivity index (χ0n) is 17.3. The predicted molar refractivity (Wildman–Crippen MR) is 113 cm³/mol. The zero-order valence-corrected chi connectivity index (χ0v) is 17.3. The average Bonchev–Trinajstić information content (AvgIpc) is 2.78. The molecule has 0 spiro atoms. The van der Waals surface area contributed by atoms with Crippen molar-refractivity contribution in [2.75, 3.05) is 13.2 Å². The molecule has 0 aromatic rings.